The van der Waals surface area contributed by atoms with Crippen LogP contribution in [0.15, 0.2) is 18.2 Å². The molecule has 1 rings (SSSR count). The molecular weight excluding hydrogens is 265 g/mol. The first kappa shape index (κ1) is 13.8. The van der Waals surface area contributed by atoms with Crippen LogP contribution in [-0.2, 0) is 9.53 Å². The van der Waals surface area contributed by atoms with E-state index in [-0.39, 0.29) is 23.7 Å². The predicted molar refractivity (Wildman–Crippen MR) is 65.4 cm³/mol. The lowest BCUT2D eigenvalue weighted by atomic mass is 10.2. The number of amides is 1. The second-order valence-electron chi connectivity index (χ2n) is 3.11. The number of carbonyl (C=O) groups is 2. The molecule has 0 unspecified atom stereocenters. The van der Waals surface area contributed by atoms with Crippen molar-refractivity contribution in [2.75, 3.05) is 13.2 Å². The zero-order valence-electron chi connectivity index (χ0n) is 9.13. The molecule has 4 nitrogen and oxygen atoms in total. The monoisotopic (exact) mass is 275 g/mol. The summed E-state index contributed by atoms with van der Waals surface area (Å²) in [6.45, 7) is 1.76. The standard InChI is InChI=1S/C11H11Cl2NO3/c1-2-17-10(15)6-14-11(16)8-5-7(12)3-4-9(8)13/h3-5H,2,6H2,1H3,(H,14,16). The van der Waals surface area contributed by atoms with Crippen LogP contribution in [0.5, 0.6) is 0 Å². The van der Waals surface area contributed by atoms with Crippen LogP contribution in [0.2, 0.25) is 10.0 Å². The number of nitrogens with one attached hydrogen (secondary N) is 1. The van der Waals surface area contributed by atoms with Gasteiger partial charge in [-0.25, -0.2) is 0 Å². The van der Waals surface area contributed by atoms with Gasteiger partial charge in [-0.05, 0) is 25.1 Å². The van der Waals surface area contributed by atoms with Gasteiger partial charge < -0.3 is 10.1 Å². The summed E-state index contributed by atoms with van der Waals surface area (Å²) in [5.74, 6) is -0.968. The lowest BCUT2D eigenvalue weighted by Gasteiger charge is -2.06. The van der Waals surface area contributed by atoms with Crippen LogP contribution in [0.3, 0.4) is 0 Å². The molecule has 92 valence electrons. The van der Waals surface area contributed by atoms with Gasteiger partial charge in [0, 0.05) is 5.02 Å². The van der Waals surface area contributed by atoms with Gasteiger partial charge in [-0.1, -0.05) is 23.2 Å². The van der Waals surface area contributed by atoms with Crippen molar-refractivity contribution < 1.29 is 14.3 Å². The number of rotatable bonds is 4. The van der Waals surface area contributed by atoms with E-state index in [1.807, 2.05) is 0 Å². The van der Waals surface area contributed by atoms with E-state index in [0.29, 0.717) is 5.02 Å². The minimum Gasteiger partial charge on any atom is -0.465 e. The number of halogens is 2. The Morgan fingerprint density at radius 2 is 2.06 bits per heavy atom. The Kier molecular flexibility index (Phi) is 5.25. The van der Waals surface area contributed by atoms with Gasteiger partial charge in [-0.15, -0.1) is 0 Å². The summed E-state index contributed by atoms with van der Waals surface area (Å²) in [6, 6.07) is 4.53. The molecule has 0 aliphatic heterocycles. The predicted octanol–water partition coefficient (Wildman–Crippen LogP) is 2.29. The summed E-state index contributed by atoms with van der Waals surface area (Å²) < 4.78 is 4.67. The van der Waals surface area contributed by atoms with Gasteiger partial charge in [0.1, 0.15) is 6.54 Å². The smallest absolute Gasteiger partial charge is 0.325 e. The van der Waals surface area contributed by atoms with Crippen LogP contribution >= 0.6 is 23.2 Å². The molecule has 1 aromatic carbocycles. The van der Waals surface area contributed by atoms with Crippen molar-refractivity contribution in [1.82, 2.24) is 5.32 Å². The maximum Gasteiger partial charge on any atom is 0.325 e. The molecule has 0 fully saturated rings. The molecule has 0 radical (unpaired) electrons. The Morgan fingerprint density at radius 1 is 1.35 bits per heavy atom. The number of hydrogen-bond donors (Lipinski definition) is 1. The van der Waals surface area contributed by atoms with Crippen LogP contribution in [0, 0.1) is 0 Å². The summed E-state index contributed by atoms with van der Waals surface area (Å²) in [6.07, 6.45) is 0. The third-order valence-electron chi connectivity index (χ3n) is 1.87. The summed E-state index contributed by atoms with van der Waals surface area (Å²) in [5, 5.41) is 3.07. The quantitative estimate of drug-likeness (QED) is 0.858. The first-order valence-electron chi connectivity index (χ1n) is 4.93. The Bertz CT molecular complexity index is 435. The largest absolute Gasteiger partial charge is 0.465 e. The highest BCUT2D eigenvalue weighted by atomic mass is 35.5. The Morgan fingerprint density at radius 3 is 2.71 bits per heavy atom. The Hall–Kier alpha value is -1.26. The van der Waals surface area contributed by atoms with Crippen molar-refractivity contribution in [3.63, 3.8) is 0 Å². The van der Waals surface area contributed by atoms with Gasteiger partial charge in [0.25, 0.3) is 5.91 Å². The molecule has 17 heavy (non-hydrogen) atoms. The molecule has 6 heteroatoms. The third-order valence-corrected chi connectivity index (χ3v) is 2.44. The Labute approximate surface area is 109 Å². The molecule has 0 aromatic heterocycles. The highest BCUT2D eigenvalue weighted by molar-refractivity contribution is 6.35. The number of carbonyl (C=O) groups excluding carboxylic acids is 2. The lowest BCUT2D eigenvalue weighted by Crippen LogP contribution is -2.30. The molecule has 1 N–H and O–H groups in total. The van der Waals surface area contributed by atoms with Gasteiger partial charge in [-0.2, -0.15) is 0 Å². The molecule has 1 amide bonds. The summed E-state index contributed by atoms with van der Waals surface area (Å²) in [4.78, 5) is 22.7. The minimum atomic E-state index is -0.501. The number of hydrogen-bond acceptors (Lipinski definition) is 3. The van der Waals surface area contributed by atoms with E-state index >= 15 is 0 Å². The van der Waals surface area contributed by atoms with Crippen LogP contribution in [0.1, 0.15) is 17.3 Å². The average molecular weight is 276 g/mol. The third kappa shape index (κ3) is 4.24. The SMILES string of the molecule is CCOC(=O)CNC(=O)c1cc(Cl)ccc1Cl. The first-order chi connectivity index (χ1) is 8.04. The van der Waals surface area contributed by atoms with Gasteiger partial charge >= 0.3 is 5.97 Å². The molecule has 0 saturated carbocycles. The normalized spacial score (nSPS) is 9.82. The van der Waals surface area contributed by atoms with E-state index in [0.717, 1.165) is 0 Å². The molecule has 1 aromatic rings. The van der Waals surface area contributed by atoms with Crippen molar-refractivity contribution in [2.24, 2.45) is 0 Å². The fraction of sp³-hybridized carbons (Fsp3) is 0.273. The van der Waals surface area contributed by atoms with Gasteiger partial charge in [0.15, 0.2) is 0 Å². The fourth-order valence-corrected chi connectivity index (χ4v) is 1.51. The number of benzene rings is 1. The molecule has 0 atom stereocenters. The van der Waals surface area contributed by atoms with Crippen molar-refractivity contribution in [1.29, 1.82) is 0 Å². The van der Waals surface area contributed by atoms with Crippen molar-refractivity contribution in [3.8, 4) is 0 Å². The summed E-state index contributed by atoms with van der Waals surface area (Å²) in [5.41, 5.74) is 0.225. The molecule has 0 spiro atoms. The highest BCUT2D eigenvalue weighted by Gasteiger charge is 2.12. The van der Waals surface area contributed by atoms with Gasteiger partial charge in [-0.3, -0.25) is 9.59 Å². The molecule has 0 heterocycles. The average Bonchev–Trinajstić information content (AvgIpc) is 2.29. The van der Waals surface area contributed by atoms with Crippen molar-refractivity contribution in [3.05, 3.63) is 33.8 Å². The van der Waals surface area contributed by atoms with E-state index < -0.39 is 11.9 Å². The maximum atomic E-state index is 11.7. The highest BCUT2D eigenvalue weighted by Crippen LogP contribution is 2.20. The zero-order valence-corrected chi connectivity index (χ0v) is 10.6. The molecule has 0 aliphatic carbocycles. The van der Waals surface area contributed by atoms with E-state index in [4.69, 9.17) is 23.2 Å². The fourth-order valence-electron chi connectivity index (χ4n) is 1.13. The van der Waals surface area contributed by atoms with Crippen LogP contribution < -0.4 is 5.32 Å². The molecule has 0 bridgehead atoms. The van der Waals surface area contributed by atoms with E-state index in [2.05, 4.69) is 10.1 Å². The molecule has 0 aliphatic rings. The van der Waals surface area contributed by atoms with Crippen LogP contribution in [0.4, 0.5) is 0 Å². The first-order valence-corrected chi connectivity index (χ1v) is 5.69. The second kappa shape index (κ2) is 6.47. The van der Waals surface area contributed by atoms with Gasteiger partial charge in [0.2, 0.25) is 0 Å². The van der Waals surface area contributed by atoms with Crippen LogP contribution in [-0.4, -0.2) is 25.0 Å². The summed E-state index contributed by atoms with van der Waals surface area (Å²) in [7, 11) is 0. The van der Waals surface area contributed by atoms with Crippen LogP contribution in [0.25, 0.3) is 0 Å². The number of esters is 1. The lowest BCUT2D eigenvalue weighted by molar-refractivity contribution is -0.141. The van der Waals surface area contributed by atoms with Gasteiger partial charge in [0.05, 0.1) is 17.2 Å². The van der Waals surface area contributed by atoms with E-state index in [9.17, 15) is 9.59 Å². The van der Waals surface area contributed by atoms with Crippen molar-refractivity contribution >= 4 is 35.1 Å². The maximum absolute atomic E-state index is 11.7. The number of ether oxygens (including phenoxy) is 1. The van der Waals surface area contributed by atoms with E-state index in [1.54, 1.807) is 13.0 Å². The molecular formula is C11H11Cl2NO3. The van der Waals surface area contributed by atoms with E-state index in [1.165, 1.54) is 12.1 Å². The molecule has 0 saturated heterocycles. The topological polar surface area (TPSA) is 55.4 Å². The minimum absolute atomic E-state index is 0.199. The zero-order chi connectivity index (χ0) is 12.8. The summed E-state index contributed by atoms with van der Waals surface area (Å²) >= 11 is 11.6. The van der Waals surface area contributed by atoms with Crippen molar-refractivity contribution in [2.45, 2.75) is 6.92 Å². The Balaban J connectivity index is 2.64. The second-order valence-corrected chi connectivity index (χ2v) is 3.96.